The van der Waals surface area contributed by atoms with Crippen LogP contribution in [0.3, 0.4) is 0 Å². The first kappa shape index (κ1) is 19.7. The molecule has 148 valence electrons. The van der Waals surface area contributed by atoms with Crippen LogP contribution in [0.5, 0.6) is 11.5 Å². The van der Waals surface area contributed by atoms with E-state index in [0.29, 0.717) is 43.1 Å². The van der Waals surface area contributed by atoms with Crippen molar-refractivity contribution >= 4 is 23.2 Å². The van der Waals surface area contributed by atoms with Gasteiger partial charge in [0.05, 0.1) is 12.3 Å². The van der Waals surface area contributed by atoms with Crippen molar-refractivity contribution in [1.82, 2.24) is 0 Å². The number of nitrogens with zero attached hydrogens (tertiary/aromatic N) is 1. The van der Waals surface area contributed by atoms with Crippen LogP contribution in [0.2, 0.25) is 0 Å². The maximum atomic E-state index is 12.4. The van der Waals surface area contributed by atoms with Gasteiger partial charge in [-0.25, -0.2) is 0 Å². The van der Waals surface area contributed by atoms with Crippen LogP contribution >= 0.6 is 0 Å². The standard InChI is InChI=1S/C22H26N2O4/c1-3-13-24-19-15-17(11-12-20(19)28-16(2)22(24)26)23-21(25)10-7-14-27-18-8-5-4-6-9-18/h4-6,8-9,11-12,15-16H,3,7,10,13-14H2,1-2H3,(H,23,25). The van der Waals surface area contributed by atoms with Crippen LogP contribution in [-0.2, 0) is 9.59 Å². The summed E-state index contributed by atoms with van der Waals surface area (Å²) in [5, 5.41) is 2.89. The maximum Gasteiger partial charge on any atom is 0.267 e. The first-order chi connectivity index (χ1) is 13.6. The summed E-state index contributed by atoms with van der Waals surface area (Å²) in [5.74, 6) is 1.31. The molecule has 0 radical (unpaired) electrons. The van der Waals surface area contributed by atoms with Crippen LogP contribution in [-0.4, -0.2) is 31.1 Å². The lowest BCUT2D eigenvalue weighted by Gasteiger charge is -2.33. The Kier molecular flexibility index (Phi) is 6.53. The SMILES string of the molecule is CCCN1C(=O)C(C)Oc2ccc(NC(=O)CCCOc3ccccc3)cc21. The molecular formula is C22H26N2O4. The van der Waals surface area contributed by atoms with E-state index in [1.54, 1.807) is 30.0 Å². The number of amides is 2. The molecule has 6 nitrogen and oxygen atoms in total. The Labute approximate surface area is 165 Å². The molecule has 0 bridgehead atoms. The summed E-state index contributed by atoms with van der Waals surface area (Å²) in [6.45, 7) is 4.87. The predicted molar refractivity (Wildman–Crippen MR) is 109 cm³/mol. The molecule has 0 aromatic heterocycles. The molecule has 2 amide bonds. The number of rotatable bonds is 8. The van der Waals surface area contributed by atoms with Crippen molar-refractivity contribution in [3.05, 3.63) is 48.5 Å². The molecule has 0 saturated heterocycles. The summed E-state index contributed by atoms with van der Waals surface area (Å²) in [4.78, 5) is 26.4. The van der Waals surface area contributed by atoms with E-state index < -0.39 is 6.10 Å². The number of nitrogens with one attached hydrogen (secondary N) is 1. The van der Waals surface area contributed by atoms with Crippen molar-refractivity contribution < 1.29 is 19.1 Å². The van der Waals surface area contributed by atoms with Crippen LogP contribution in [0.1, 0.15) is 33.1 Å². The van der Waals surface area contributed by atoms with Gasteiger partial charge in [-0.1, -0.05) is 25.1 Å². The summed E-state index contributed by atoms with van der Waals surface area (Å²) in [7, 11) is 0. The lowest BCUT2D eigenvalue weighted by atomic mass is 10.1. The van der Waals surface area contributed by atoms with Gasteiger partial charge >= 0.3 is 0 Å². The first-order valence-corrected chi connectivity index (χ1v) is 9.68. The zero-order valence-corrected chi connectivity index (χ0v) is 16.3. The number of carbonyl (C=O) groups excluding carboxylic acids is 2. The van der Waals surface area contributed by atoms with Gasteiger partial charge in [-0.3, -0.25) is 9.59 Å². The van der Waals surface area contributed by atoms with Gasteiger partial charge in [0.25, 0.3) is 5.91 Å². The number of hydrogen-bond donors (Lipinski definition) is 1. The minimum absolute atomic E-state index is 0.0594. The van der Waals surface area contributed by atoms with Gasteiger partial charge in [0.2, 0.25) is 5.91 Å². The molecule has 1 N–H and O–H groups in total. The topological polar surface area (TPSA) is 67.9 Å². The molecule has 1 aliphatic rings. The molecule has 2 aromatic rings. The highest BCUT2D eigenvalue weighted by Gasteiger charge is 2.31. The Hall–Kier alpha value is -3.02. The van der Waals surface area contributed by atoms with Crippen molar-refractivity contribution in [2.45, 2.75) is 39.2 Å². The second-order valence-corrected chi connectivity index (χ2v) is 6.75. The van der Waals surface area contributed by atoms with E-state index in [0.717, 1.165) is 12.2 Å². The number of anilines is 2. The highest BCUT2D eigenvalue weighted by molar-refractivity contribution is 6.01. The third kappa shape index (κ3) is 4.82. The van der Waals surface area contributed by atoms with Crippen LogP contribution in [0, 0.1) is 0 Å². The summed E-state index contributed by atoms with van der Waals surface area (Å²) in [6.07, 6.45) is 1.32. The van der Waals surface area contributed by atoms with Crippen LogP contribution in [0.4, 0.5) is 11.4 Å². The molecule has 6 heteroatoms. The van der Waals surface area contributed by atoms with E-state index in [2.05, 4.69) is 5.32 Å². The second-order valence-electron chi connectivity index (χ2n) is 6.75. The number of carbonyl (C=O) groups is 2. The summed E-state index contributed by atoms with van der Waals surface area (Å²) >= 11 is 0. The maximum absolute atomic E-state index is 12.4. The lowest BCUT2D eigenvalue weighted by Crippen LogP contribution is -2.44. The van der Waals surface area contributed by atoms with E-state index >= 15 is 0 Å². The van der Waals surface area contributed by atoms with E-state index in [1.807, 2.05) is 37.3 Å². The van der Waals surface area contributed by atoms with Gasteiger partial charge in [0, 0.05) is 18.7 Å². The molecule has 0 fully saturated rings. The molecule has 0 spiro atoms. The van der Waals surface area contributed by atoms with E-state index in [1.165, 1.54) is 0 Å². The van der Waals surface area contributed by atoms with Gasteiger partial charge in [-0.05, 0) is 50.1 Å². The van der Waals surface area contributed by atoms with Gasteiger partial charge in [0.1, 0.15) is 11.5 Å². The molecular weight excluding hydrogens is 356 g/mol. The van der Waals surface area contributed by atoms with Gasteiger partial charge in [-0.2, -0.15) is 0 Å². The Morgan fingerprint density at radius 2 is 2.00 bits per heavy atom. The van der Waals surface area contributed by atoms with Crippen LogP contribution in [0.15, 0.2) is 48.5 Å². The number of hydrogen-bond acceptors (Lipinski definition) is 4. The zero-order chi connectivity index (χ0) is 19.9. The molecule has 1 heterocycles. The third-order valence-electron chi connectivity index (χ3n) is 4.46. The van der Waals surface area contributed by atoms with Crippen LogP contribution < -0.4 is 19.7 Å². The van der Waals surface area contributed by atoms with Crippen LogP contribution in [0.25, 0.3) is 0 Å². The number of para-hydroxylation sites is 1. The third-order valence-corrected chi connectivity index (χ3v) is 4.46. The average Bonchev–Trinajstić information content (AvgIpc) is 2.70. The fourth-order valence-electron chi connectivity index (χ4n) is 3.10. The summed E-state index contributed by atoms with van der Waals surface area (Å²) in [6, 6.07) is 14.9. The smallest absolute Gasteiger partial charge is 0.267 e. The Balaban J connectivity index is 1.56. The van der Waals surface area contributed by atoms with E-state index in [4.69, 9.17) is 9.47 Å². The Morgan fingerprint density at radius 3 is 2.75 bits per heavy atom. The molecule has 1 atom stereocenters. The summed E-state index contributed by atoms with van der Waals surface area (Å²) in [5.41, 5.74) is 1.36. The predicted octanol–water partition coefficient (Wildman–Crippen LogP) is 4.01. The van der Waals surface area contributed by atoms with Gasteiger partial charge in [-0.15, -0.1) is 0 Å². The molecule has 2 aromatic carbocycles. The Bertz CT molecular complexity index is 823. The lowest BCUT2D eigenvalue weighted by molar-refractivity contribution is -0.125. The molecule has 1 unspecified atom stereocenters. The fraction of sp³-hybridized carbons (Fsp3) is 0.364. The highest BCUT2D eigenvalue weighted by atomic mass is 16.5. The normalized spacial score (nSPS) is 15.6. The number of ether oxygens (including phenoxy) is 2. The fourth-order valence-corrected chi connectivity index (χ4v) is 3.10. The van der Waals surface area contributed by atoms with Crippen molar-refractivity contribution in [2.75, 3.05) is 23.4 Å². The monoisotopic (exact) mass is 382 g/mol. The van der Waals surface area contributed by atoms with Crippen molar-refractivity contribution in [2.24, 2.45) is 0 Å². The molecule has 3 rings (SSSR count). The van der Waals surface area contributed by atoms with Crippen molar-refractivity contribution in [3.8, 4) is 11.5 Å². The molecule has 1 aliphatic heterocycles. The minimum atomic E-state index is -0.496. The van der Waals surface area contributed by atoms with Crippen molar-refractivity contribution in [1.29, 1.82) is 0 Å². The first-order valence-electron chi connectivity index (χ1n) is 9.68. The quantitative estimate of drug-likeness (QED) is 0.701. The highest BCUT2D eigenvalue weighted by Crippen LogP contribution is 2.36. The van der Waals surface area contributed by atoms with E-state index in [9.17, 15) is 9.59 Å². The Morgan fingerprint density at radius 1 is 1.21 bits per heavy atom. The minimum Gasteiger partial charge on any atom is -0.494 e. The largest absolute Gasteiger partial charge is 0.494 e. The molecule has 0 aliphatic carbocycles. The second kappa shape index (κ2) is 9.26. The number of fused-ring (bicyclic) bond motifs is 1. The van der Waals surface area contributed by atoms with Crippen molar-refractivity contribution in [3.63, 3.8) is 0 Å². The molecule has 28 heavy (non-hydrogen) atoms. The number of benzene rings is 2. The molecule has 0 saturated carbocycles. The van der Waals surface area contributed by atoms with Gasteiger partial charge < -0.3 is 19.7 Å². The zero-order valence-electron chi connectivity index (χ0n) is 16.3. The van der Waals surface area contributed by atoms with Gasteiger partial charge in [0.15, 0.2) is 6.10 Å². The summed E-state index contributed by atoms with van der Waals surface area (Å²) < 4.78 is 11.3. The van der Waals surface area contributed by atoms with E-state index in [-0.39, 0.29) is 11.8 Å². The average molecular weight is 382 g/mol.